The maximum absolute atomic E-state index is 12.7. The standard InChI is InChI=1S/C23H21N3O3S/c27-20-15-26(12-11-24-20)23(29)18-8-6-16(7-9-18)14-25-22(28)21-19(10-13-30-21)17-4-2-1-3-5-17/h1-10,13H,11-12,14-15H2,(H,24,27)(H,25,28). The van der Waals surface area contributed by atoms with Crippen LogP contribution >= 0.6 is 11.3 Å². The highest BCUT2D eigenvalue weighted by Crippen LogP contribution is 2.28. The Morgan fingerprint density at radius 2 is 1.80 bits per heavy atom. The third-order valence-corrected chi connectivity index (χ3v) is 5.85. The maximum Gasteiger partial charge on any atom is 0.262 e. The first-order valence-corrected chi connectivity index (χ1v) is 10.6. The van der Waals surface area contributed by atoms with Crippen molar-refractivity contribution in [2.75, 3.05) is 19.6 Å². The SMILES string of the molecule is O=C1CN(C(=O)c2ccc(CNC(=O)c3sccc3-c3ccccc3)cc2)CCN1. The molecule has 152 valence electrons. The quantitative estimate of drug-likeness (QED) is 0.668. The molecule has 3 amide bonds. The summed E-state index contributed by atoms with van der Waals surface area (Å²) in [4.78, 5) is 38.9. The zero-order chi connectivity index (χ0) is 20.9. The molecule has 0 radical (unpaired) electrons. The highest BCUT2D eigenvalue weighted by atomic mass is 32.1. The van der Waals surface area contributed by atoms with Crippen molar-refractivity contribution in [1.82, 2.24) is 15.5 Å². The molecule has 3 aromatic rings. The summed E-state index contributed by atoms with van der Waals surface area (Å²) >= 11 is 1.42. The Morgan fingerprint density at radius 1 is 1.03 bits per heavy atom. The van der Waals surface area contributed by atoms with Gasteiger partial charge in [0.25, 0.3) is 11.8 Å². The average molecular weight is 420 g/mol. The van der Waals surface area contributed by atoms with E-state index < -0.39 is 0 Å². The Labute approximate surface area is 178 Å². The van der Waals surface area contributed by atoms with E-state index in [9.17, 15) is 14.4 Å². The lowest BCUT2D eigenvalue weighted by atomic mass is 10.1. The van der Waals surface area contributed by atoms with Gasteiger partial charge in [0.1, 0.15) is 0 Å². The predicted octanol–water partition coefficient (Wildman–Crippen LogP) is 2.92. The largest absolute Gasteiger partial charge is 0.353 e. The highest BCUT2D eigenvalue weighted by molar-refractivity contribution is 7.12. The van der Waals surface area contributed by atoms with Gasteiger partial charge in [-0.3, -0.25) is 14.4 Å². The van der Waals surface area contributed by atoms with E-state index in [1.807, 2.05) is 53.9 Å². The van der Waals surface area contributed by atoms with Crippen molar-refractivity contribution < 1.29 is 14.4 Å². The van der Waals surface area contributed by atoms with Crippen molar-refractivity contribution in [3.8, 4) is 11.1 Å². The number of amides is 3. The van der Waals surface area contributed by atoms with Gasteiger partial charge in [-0.05, 0) is 34.7 Å². The Bertz CT molecular complexity index is 1060. The van der Waals surface area contributed by atoms with Gasteiger partial charge >= 0.3 is 0 Å². The highest BCUT2D eigenvalue weighted by Gasteiger charge is 2.22. The Kier molecular flexibility index (Phi) is 5.90. The second-order valence-electron chi connectivity index (χ2n) is 6.99. The molecule has 0 saturated carbocycles. The Morgan fingerprint density at radius 3 is 2.53 bits per heavy atom. The van der Waals surface area contributed by atoms with Crippen LogP contribution in [0.5, 0.6) is 0 Å². The lowest BCUT2D eigenvalue weighted by molar-refractivity contribution is -0.123. The van der Waals surface area contributed by atoms with E-state index >= 15 is 0 Å². The molecule has 1 fully saturated rings. The first-order valence-electron chi connectivity index (χ1n) is 9.68. The van der Waals surface area contributed by atoms with E-state index in [1.54, 1.807) is 12.1 Å². The first-order chi connectivity index (χ1) is 14.6. The van der Waals surface area contributed by atoms with Crippen molar-refractivity contribution in [2.45, 2.75) is 6.54 Å². The van der Waals surface area contributed by atoms with Crippen LogP contribution in [0.2, 0.25) is 0 Å². The molecular weight excluding hydrogens is 398 g/mol. The first kappa shape index (κ1) is 19.8. The predicted molar refractivity (Wildman–Crippen MR) is 116 cm³/mol. The van der Waals surface area contributed by atoms with Gasteiger partial charge in [0.05, 0.1) is 11.4 Å². The minimum Gasteiger partial charge on any atom is -0.353 e. The number of rotatable bonds is 5. The maximum atomic E-state index is 12.7. The van der Waals surface area contributed by atoms with Crippen LogP contribution in [0.3, 0.4) is 0 Å². The van der Waals surface area contributed by atoms with E-state index in [1.165, 1.54) is 16.2 Å². The van der Waals surface area contributed by atoms with Crippen LogP contribution in [0.25, 0.3) is 11.1 Å². The van der Waals surface area contributed by atoms with Gasteiger partial charge in [-0.25, -0.2) is 0 Å². The second kappa shape index (κ2) is 8.92. The van der Waals surface area contributed by atoms with E-state index in [4.69, 9.17) is 0 Å². The van der Waals surface area contributed by atoms with Crippen molar-refractivity contribution in [3.63, 3.8) is 0 Å². The molecule has 2 aromatic carbocycles. The molecule has 0 aliphatic carbocycles. The molecule has 1 aliphatic rings. The number of nitrogens with zero attached hydrogens (tertiary/aromatic N) is 1. The molecule has 1 aliphatic heterocycles. The zero-order valence-corrected chi connectivity index (χ0v) is 17.1. The molecule has 0 spiro atoms. The molecule has 30 heavy (non-hydrogen) atoms. The van der Waals surface area contributed by atoms with Crippen LogP contribution in [-0.4, -0.2) is 42.3 Å². The van der Waals surface area contributed by atoms with Crippen molar-refractivity contribution in [1.29, 1.82) is 0 Å². The summed E-state index contributed by atoms with van der Waals surface area (Å²) in [7, 11) is 0. The number of thiophene rings is 1. The van der Waals surface area contributed by atoms with Crippen LogP contribution in [0, 0.1) is 0 Å². The van der Waals surface area contributed by atoms with Crippen molar-refractivity contribution >= 4 is 29.1 Å². The van der Waals surface area contributed by atoms with Gasteiger partial charge in [0, 0.05) is 30.8 Å². The van der Waals surface area contributed by atoms with Gasteiger partial charge in [0.15, 0.2) is 0 Å². The lowest BCUT2D eigenvalue weighted by Gasteiger charge is -2.26. The van der Waals surface area contributed by atoms with Crippen LogP contribution < -0.4 is 10.6 Å². The van der Waals surface area contributed by atoms with E-state index in [0.29, 0.717) is 30.1 Å². The van der Waals surface area contributed by atoms with Crippen LogP contribution in [0.1, 0.15) is 25.6 Å². The van der Waals surface area contributed by atoms with E-state index in [2.05, 4.69) is 10.6 Å². The van der Waals surface area contributed by atoms with Gasteiger partial charge in [0.2, 0.25) is 5.91 Å². The Hall–Kier alpha value is -3.45. The average Bonchev–Trinajstić information content (AvgIpc) is 3.28. The number of nitrogens with one attached hydrogen (secondary N) is 2. The molecule has 1 saturated heterocycles. The minimum absolute atomic E-state index is 0.0845. The third-order valence-electron chi connectivity index (χ3n) is 4.94. The van der Waals surface area contributed by atoms with Crippen LogP contribution in [0.4, 0.5) is 0 Å². The normalized spacial score (nSPS) is 13.6. The van der Waals surface area contributed by atoms with Gasteiger partial charge in [-0.15, -0.1) is 11.3 Å². The summed E-state index contributed by atoms with van der Waals surface area (Å²) in [6.07, 6.45) is 0. The van der Waals surface area contributed by atoms with E-state index in [0.717, 1.165) is 16.7 Å². The van der Waals surface area contributed by atoms with Crippen molar-refractivity contribution in [3.05, 3.63) is 82.0 Å². The summed E-state index contributed by atoms with van der Waals surface area (Å²) in [5.74, 6) is -0.424. The van der Waals surface area contributed by atoms with Gasteiger partial charge in [-0.1, -0.05) is 42.5 Å². The fourth-order valence-electron chi connectivity index (χ4n) is 3.35. The molecule has 0 bridgehead atoms. The van der Waals surface area contributed by atoms with E-state index in [-0.39, 0.29) is 24.3 Å². The van der Waals surface area contributed by atoms with Crippen LogP contribution in [0.15, 0.2) is 66.0 Å². The number of hydrogen-bond donors (Lipinski definition) is 2. The monoisotopic (exact) mass is 419 g/mol. The molecule has 6 nitrogen and oxygen atoms in total. The number of benzene rings is 2. The summed E-state index contributed by atoms with van der Waals surface area (Å²) in [6.45, 7) is 1.43. The minimum atomic E-state index is -0.161. The molecule has 0 atom stereocenters. The zero-order valence-electron chi connectivity index (χ0n) is 16.3. The van der Waals surface area contributed by atoms with Gasteiger partial charge in [-0.2, -0.15) is 0 Å². The summed E-state index contributed by atoms with van der Waals surface area (Å²) in [5.41, 5.74) is 3.36. The molecule has 1 aromatic heterocycles. The number of hydrogen-bond acceptors (Lipinski definition) is 4. The van der Waals surface area contributed by atoms with Crippen LogP contribution in [-0.2, 0) is 11.3 Å². The molecule has 2 heterocycles. The van der Waals surface area contributed by atoms with Gasteiger partial charge < -0.3 is 15.5 Å². The summed E-state index contributed by atoms with van der Waals surface area (Å²) in [5, 5.41) is 7.58. The summed E-state index contributed by atoms with van der Waals surface area (Å²) in [6, 6.07) is 18.9. The molecular formula is C23H21N3O3S. The number of carbonyl (C=O) groups is 3. The molecule has 4 rings (SSSR count). The topological polar surface area (TPSA) is 78.5 Å². The number of piperazine rings is 1. The van der Waals surface area contributed by atoms with Crippen molar-refractivity contribution in [2.24, 2.45) is 0 Å². The fraction of sp³-hybridized carbons (Fsp3) is 0.174. The molecule has 7 heteroatoms. The smallest absolute Gasteiger partial charge is 0.262 e. The summed E-state index contributed by atoms with van der Waals surface area (Å²) < 4.78 is 0. The molecule has 0 unspecified atom stereocenters. The third kappa shape index (κ3) is 4.41. The Balaban J connectivity index is 1.38. The fourth-order valence-corrected chi connectivity index (χ4v) is 4.18. The number of carbonyl (C=O) groups excluding carboxylic acids is 3. The second-order valence-corrected chi connectivity index (χ2v) is 7.90. The molecule has 2 N–H and O–H groups in total. The lowest BCUT2D eigenvalue weighted by Crippen LogP contribution is -2.49.